The molecule has 0 spiro atoms. The van der Waals surface area contributed by atoms with Crippen LogP contribution in [0.1, 0.15) is 25.0 Å². The molecular weight excluding hydrogens is 667 g/mol. The van der Waals surface area contributed by atoms with Crippen LogP contribution in [-0.4, -0.2) is 0 Å². The Labute approximate surface area is 320 Å². The maximum absolute atomic E-state index is 6.24. The Balaban J connectivity index is 1.03. The summed E-state index contributed by atoms with van der Waals surface area (Å²) in [4.78, 5) is 2.44. The molecule has 11 rings (SSSR count). The van der Waals surface area contributed by atoms with E-state index >= 15 is 0 Å². The van der Waals surface area contributed by atoms with E-state index in [1.807, 2.05) is 12.1 Å². The van der Waals surface area contributed by atoms with E-state index in [2.05, 4.69) is 195 Å². The topological polar surface area (TPSA) is 16.4 Å². The van der Waals surface area contributed by atoms with Crippen LogP contribution in [0.5, 0.6) is 0 Å². The Morgan fingerprint density at radius 3 is 1.87 bits per heavy atom. The van der Waals surface area contributed by atoms with E-state index in [9.17, 15) is 0 Å². The molecule has 0 atom stereocenters. The molecule has 2 heteroatoms. The van der Waals surface area contributed by atoms with E-state index in [0.29, 0.717) is 0 Å². The lowest BCUT2D eigenvalue weighted by molar-refractivity contribution is 0.660. The fourth-order valence-corrected chi connectivity index (χ4v) is 9.07. The first-order chi connectivity index (χ1) is 27.0. The molecular formula is C53H37NO. The van der Waals surface area contributed by atoms with Gasteiger partial charge in [0.15, 0.2) is 0 Å². The third kappa shape index (κ3) is 4.95. The van der Waals surface area contributed by atoms with Crippen molar-refractivity contribution in [2.45, 2.75) is 19.3 Å². The van der Waals surface area contributed by atoms with Gasteiger partial charge in [0.25, 0.3) is 0 Å². The largest absolute Gasteiger partial charge is 0.456 e. The highest BCUT2D eigenvalue weighted by Crippen LogP contribution is 2.54. The number of hydrogen-bond donors (Lipinski definition) is 0. The van der Waals surface area contributed by atoms with E-state index in [4.69, 9.17) is 4.42 Å². The standard InChI is InChI=1S/C53H37NO/c1-53(2)47-17-7-5-15-45(47)52-48(53)18-10-19-49(52)54(41-29-25-36(26-30-41)43-16-9-12-35-11-3-4-13-42(35)43)40-27-23-34(24-28-40)37-21-22-38-32-46-44-14-6-8-20-50(44)55-51(46)33-39(38)31-37/h3-33H,1-2H3. The van der Waals surface area contributed by atoms with Crippen LogP contribution in [0.4, 0.5) is 17.1 Å². The second kappa shape index (κ2) is 12.1. The Morgan fingerprint density at radius 2 is 1.04 bits per heavy atom. The number of anilines is 3. The van der Waals surface area contributed by atoms with Crippen molar-refractivity contribution in [1.29, 1.82) is 0 Å². The monoisotopic (exact) mass is 703 g/mol. The molecule has 0 amide bonds. The molecule has 2 nitrogen and oxygen atoms in total. The number of nitrogens with zero attached hydrogens (tertiary/aromatic N) is 1. The number of rotatable bonds is 5. The van der Waals surface area contributed by atoms with Crippen molar-refractivity contribution in [2.75, 3.05) is 4.90 Å². The predicted molar refractivity (Wildman–Crippen MR) is 232 cm³/mol. The number of fused-ring (bicyclic) bond motifs is 8. The first kappa shape index (κ1) is 31.6. The number of furan rings is 1. The molecule has 0 N–H and O–H groups in total. The summed E-state index contributed by atoms with van der Waals surface area (Å²) in [6.07, 6.45) is 0. The summed E-state index contributed by atoms with van der Waals surface area (Å²) < 4.78 is 6.24. The Hall–Kier alpha value is -6.90. The van der Waals surface area contributed by atoms with Gasteiger partial charge in [-0.2, -0.15) is 0 Å². The Kier molecular flexibility index (Phi) is 6.93. The van der Waals surface area contributed by atoms with Crippen molar-refractivity contribution in [1.82, 2.24) is 0 Å². The van der Waals surface area contributed by atoms with Crippen LogP contribution >= 0.6 is 0 Å². The quantitative estimate of drug-likeness (QED) is 0.177. The van der Waals surface area contributed by atoms with Crippen LogP contribution < -0.4 is 4.90 Å². The molecule has 1 aliphatic rings. The van der Waals surface area contributed by atoms with E-state index in [-0.39, 0.29) is 5.41 Å². The molecule has 0 radical (unpaired) electrons. The third-order valence-corrected chi connectivity index (χ3v) is 11.8. The summed E-state index contributed by atoms with van der Waals surface area (Å²) in [5.41, 5.74) is 15.3. The average molecular weight is 704 g/mol. The van der Waals surface area contributed by atoms with Crippen molar-refractivity contribution >= 4 is 60.5 Å². The fourth-order valence-electron chi connectivity index (χ4n) is 9.07. The molecule has 55 heavy (non-hydrogen) atoms. The Morgan fingerprint density at radius 1 is 0.400 bits per heavy atom. The smallest absolute Gasteiger partial charge is 0.136 e. The molecule has 0 saturated carbocycles. The molecule has 10 aromatic rings. The van der Waals surface area contributed by atoms with Crippen LogP contribution in [0.3, 0.4) is 0 Å². The van der Waals surface area contributed by atoms with Crippen LogP contribution in [0.25, 0.3) is 76.9 Å². The second-order valence-corrected chi connectivity index (χ2v) is 15.3. The first-order valence-electron chi connectivity index (χ1n) is 19.1. The molecule has 0 aliphatic heterocycles. The summed E-state index contributed by atoms with van der Waals surface area (Å²) in [7, 11) is 0. The predicted octanol–water partition coefficient (Wildman–Crippen LogP) is 15.0. The van der Waals surface area contributed by atoms with Crippen molar-refractivity contribution in [3.8, 4) is 33.4 Å². The highest BCUT2D eigenvalue weighted by Gasteiger charge is 2.37. The van der Waals surface area contributed by atoms with Crippen LogP contribution in [0.2, 0.25) is 0 Å². The maximum atomic E-state index is 6.24. The molecule has 1 aromatic heterocycles. The minimum atomic E-state index is -0.0975. The van der Waals surface area contributed by atoms with Gasteiger partial charge in [-0.05, 0) is 115 Å². The summed E-state index contributed by atoms with van der Waals surface area (Å²) in [6.45, 7) is 4.70. The van der Waals surface area contributed by atoms with E-state index in [1.165, 1.54) is 71.7 Å². The molecule has 0 fully saturated rings. The number of hydrogen-bond acceptors (Lipinski definition) is 2. The Bertz CT molecular complexity index is 3110. The van der Waals surface area contributed by atoms with Gasteiger partial charge < -0.3 is 9.32 Å². The van der Waals surface area contributed by atoms with Gasteiger partial charge in [0.2, 0.25) is 0 Å². The van der Waals surface area contributed by atoms with Gasteiger partial charge in [-0.1, -0.05) is 147 Å². The molecule has 260 valence electrons. The van der Waals surface area contributed by atoms with Gasteiger partial charge in [-0.15, -0.1) is 0 Å². The molecule has 0 bridgehead atoms. The van der Waals surface area contributed by atoms with Crippen LogP contribution in [0.15, 0.2) is 192 Å². The SMILES string of the molecule is CC1(C)c2ccccc2-c2c(N(c3ccc(-c4ccc5cc6c(cc5c4)oc4ccccc46)cc3)c3ccc(-c4cccc5ccccc45)cc3)cccc21. The van der Waals surface area contributed by atoms with Gasteiger partial charge in [0.05, 0.1) is 5.69 Å². The van der Waals surface area contributed by atoms with Crippen LogP contribution in [-0.2, 0) is 5.41 Å². The third-order valence-electron chi connectivity index (χ3n) is 11.8. The minimum absolute atomic E-state index is 0.0975. The van der Waals surface area contributed by atoms with Crippen molar-refractivity contribution in [3.05, 3.63) is 199 Å². The van der Waals surface area contributed by atoms with Gasteiger partial charge >= 0.3 is 0 Å². The molecule has 0 saturated heterocycles. The van der Waals surface area contributed by atoms with Crippen molar-refractivity contribution in [3.63, 3.8) is 0 Å². The maximum Gasteiger partial charge on any atom is 0.136 e. The van der Waals surface area contributed by atoms with Gasteiger partial charge in [-0.25, -0.2) is 0 Å². The van der Waals surface area contributed by atoms with Crippen molar-refractivity contribution < 1.29 is 4.42 Å². The van der Waals surface area contributed by atoms with Gasteiger partial charge in [0, 0.05) is 33.1 Å². The lowest BCUT2D eigenvalue weighted by atomic mass is 9.82. The molecule has 0 unspecified atom stereocenters. The minimum Gasteiger partial charge on any atom is -0.456 e. The molecule has 1 heterocycles. The van der Waals surface area contributed by atoms with E-state index < -0.39 is 0 Å². The number of para-hydroxylation sites is 1. The number of benzene rings is 9. The zero-order chi connectivity index (χ0) is 36.7. The lowest BCUT2D eigenvalue weighted by Crippen LogP contribution is -2.16. The average Bonchev–Trinajstić information content (AvgIpc) is 3.71. The summed E-state index contributed by atoms with van der Waals surface area (Å²) >= 11 is 0. The summed E-state index contributed by atoms with van der Waals surface area (Å²) in [5, 5.41) is 7.20. The zero-order valence-electron chi connectivity index (χ0n) is 30.8. The normalized spacial score (nSPS) is 13.1. The van der Waals surface area contributed by atoms with E-state index in [1.54, 1.807) is 0 Å². The first-order valence-corrected chi connectivity index (χ1v) is 19.1. The molecule has 1 aliphatic carbocycles. The zero-order valence-corrected chi connectivity index (χ0v) is 30.8. The highest BCUT2D eigenvalue weighted by molar-refractivity contribution is 6.10. The van der Waals surface area contributed by atoms with Crippen molar-refractivity contribution in [2.24, 2.45) is 0 Å². The highest BCUT2D eigenvalue weighted by atomic mass is 16.3. The summed E-state index contributed by atoms with van der Waals surface area (Å²) in [6, 6.07) is 68.5. The van der Waals surface area contributed by atoms with Gasteiger partial charge in [0.1, 0.15) is 11.2 Å². The summed E-state index contributed by atoms with van der Waals surface area (Å²) in [5.74, 6) is 0. The fraction of sp³-hybridized carbons (Fsp3) is 0.0566. The molecule has 9 aromatic carbocycles. The second-order valence-electron chi connectivity index (χ2n) is 15.3. The van der Waals surface area contributed by atoms with Gasteiger partial charge in [-0.3, -0.25) is 0 Å². The van der Waals surface area contributed by atoms with E-state index in [0.717, 1.165) is 33.3 Å². The van der Waals surface area contributed by atoms with Crippen LogP contribution in [0, 0.1) is 0 Å². The lowest BCUT2D eigenvalue weighted by Gasteiger charge is -2.29.